The van der Waals surface area contributed by atoms with Gasteiger partial charge in [-0.1, -0.05) is 58.9 Å². The second-order valence-corrected chi connectivity index (χ2v) is 16.4. The maximum Gasteiger partial charge on any atom is 0.573 e. The van der Waals surface area contributed by atoms with Crippen LogP contribution in [0.25, 0.3) is 22.4 Å². The number of hydrogen-bond donors (Lipinski definition) is 5. The first-order chi connectivity index (χ1) is 27.9. The lowest BCUT2D eigenvalue weighted by atomic mass is 9.96. The molecule has 2 aromatic heterocycles. The van der Waals surface area contributed by atoms with Crippen LogP contribution < -0.4 is 26.0 Å². The molecule has 316 valence electrons. The fourth-order valence-electron chi connectivity index (χ4n) is 6.35. The zero-order valence-corrected chi connectivity index (χ0v) is 34.6. The van der Waals surface area contributed by atoms with E-state index in [0.29, 0.717) is 60.2 Å². The molecule has 0 saturated carbocycles. The average molecular weight is 839 g/mol. The molecule has 0 radical (unpaired) electrons. The Morgan fingerprint density at radius 3 is 2.29 bits per heavy atom. The van der Waals surface area contributed by atoms with E-state index in [2.05, 4.69) is 41.0 Å². The Morgan fingerprint density at radius 1 is 0.966 bits per heavy atom. The van der Waals surface area contributed by atoms with Crippen LogP contribution in [0.5, 0.6) is 5.75 Å². The van der Waals surface area contributed by atoms with Gasteiger partial charge in [-0.25, -0.2) is 14.8 Å². The standard InChI is InChI=1S/C41H49F3N8O6S/c1-23(2)34(51-39(56)57-6)37(54)52-22-28(59-7)19-31(52)35-48-21-30(50-35)25-10-8-24(9-11-25)29-14-12-26(18-32(29)58-41(42,43)44)36(53)49-27-13-15-33(47-20-27)45-16-17-46-38(55)40(3,4)5/h8-15,18,20-21,23,28,31,34H,16-17,19,22H2,1-7H3,(H,45,47)(H,46,55)(H,48,50)(H,49,53)(H,51,56)/t28-,31-,34-/m0/s1. The van der Waals surface area contributed by atoms with Crippen molar-refractivity contribution in [3.05, 3.63) is 78.4 Å². The zero-order chi connectivity index (χ0) is 43.1. The summed E-state index contributed by atoms with van der Waals surface area (Å²) in [6, 6.07) is 12.5. The van der Waals surface area contributed by atoms with Crippen LogP contribution in [0.4, 0.5) is 29.5 Å². The quantitative estimate of drug-likeness (QED) is 0.0813. The number of alkyl halides is 3. The number of nitrogens with zero attached hydrogens (tertiary/aromatic N) is 3. The number of rotatable bonds is 14. The molecule has 14 nitrogen and oxygen atoms in total. The Bertz CT molecular complexity index is 2110. The highest BCUT2D eigenvalue weighted by Crippen LogP contribution is 2.39. The number of imidazole rings is 1. The van der Waals surface area contributed by atoms with Gasteiger partial charge < -0.3 is 40.6 Å². The number of aromatic nitrogens is 3. The third kappa shape index (κ3) is 11.7. The molecule has 1 saturated heterocycles. The number of benzene rings is 2. The van der Waals surface area contributed by atoms with Crippen molar-refractivity contribution in [2.24, 2.45) is 11.3 Å². The molecular formula is C41H49F3N8O6S. The highest BCUT2D eigenvalue weighted by atomic mass is 32.2. The van der Waals surface area contributed by atoms with Crippen molar-refractivity contribution >= 4 is 47.1 Å². The number of alkyl carbamates (subject to hydrolysis) is 1. The van der Waals surface area contributed by atoms with Crippen LogP contribution in [0.1, 0.15) is 63.3 Å². The number of carbonyl (C=O) groups excluding carboxylic acids is 4. The molecule has 5 N–H and O–H groups in total. The minimum atomic E-state index is -5.03. The van der Waals surface area contributed by atoms with Crippen LogP contribution in [0.15, 0.2) is 67.0 Å². The van der Waals surface area contributed by atoms with Gasteiger partial charge in [0.25, 0.3) is 5.91 Å². The number of hydrogen-bond acceptors (Lipinski definition) is 10. The summed E-state index contributed by atoms with van der Waals surface area (Å²) < 4.78 is 50.0. The zero-order valence-electron chi connectivity index (χ0n) is 33.8. The van der Waals surface area contributed by atoms with Crippen molar-refractivity contribution < 1.29 is 41.8 Å². The lowest BCUT2D eigenvalue weighted by molar-refractivity contribution is -0.274. The molecule has 1 aliphatic rings. The molecule has 1 fully saturated rings. The van der Waals surface area contributed by atoms with E-state index in [9.17, 15) is 32.3 Å². The predicted octanol–water partition coefficient (Wildman–Crippen LogP) is 7.25. The van der Waals surface area contributed by atoms with Crippen LogP contribution in [0, 0.1) is 11.3 Å². The van der Waals surface area contributed by atoms with Crippen LogP contribution in [-0.2, 0) is 14.3 Å². The molecule has 2 aromatic carbocycles. The lowest BCUT2D eigenvalue weighted by Crippen LogP contribution is -2.51. The Morgan fingerprint density at radius 2 is 1.68 bits per heavy atom. The topological polar surface area (TPSA) is 180 Å². The summed E-state index contributed by atoms with van der Waals surface area (Å²) in [5, 5.41) is 11.3. The summed E-state index contributed by atoms with van der Waals surface area (Å²) in [4.78, 5) is 64.9. The Kier molecular flexibility index (Phi) is 14.2. The number of aromatic amines is 1. The van der Waals surface area contributed by atoms with Crippen LogP contribution in [0.3, 0.4) is 0 Å². The molecule has 59 heavy (non-hydrogen) atoms. The smallest absolute Gasteiger partial charge is 0.453 e. The minimum Gasteiger partial charge on any atom is -0.453 e. The van der Waals surface area contributed by atoms with E-state index in [1.165, 1.54) is 25.4 Å². The predicted molar refractivity (Wildman–Crippen MR) is 220 cm³/mol. The number of amides is 4. The summed E-state index contributed by atoms with van der Waals surface area (Å²) in [6.45, 7) is 10.4. The van der Waals surface area contributed by atoms with Gasteiger partial charge in [0.05, 0.1) is 36.9 Å². The van der Waals surface area contributed by atoms with Crippen molar-refractivity contribution in [2.45, 2.75) is 64.7 Å². The summed E-state index contributed by atoms with van der Waals surface area (Å²) in [5.41, 5.74) is 1.55. The third-order valence-corrected chi connectivity index (χ3v) is 10.6. The van der Waals surface area contributed by atoms with E-state index >= 15 is 0 Å². The van der Waals surface area contributed by atoms with E-state index in [1.807, 2.05) is 40.9 Å². The van der Waals surface area contributed by atoms with Gasteiger partial charge in [0.15, 0.2) is 0 Å². The molecule has 0 aliphatic carbocycles. The molecule has 4 amide bonds. The number of likely N-dealkylation sites (tertiary alicyclic amines) is 1. The van der Waals surface area contributed by atoms with Gasteiger partial charge in [-0.2, -0.15) is 11.8 Å². The van der Waals surface area contributed by atoms with Crippen molar-refractivity contribution in [1.82, 2.24) is 30.5 Å². The fraction of sp³-hybridized carbons (Fsp3) is 0.415. The van der Waals surface area contributed by atoms with E-state index in [1.54, 1.807) is 59.3 Å². The first-order valence-corrected chi connectivity index (χ1v) is 20.2. The number of anilines is 2. The van der Waals surface area contributed by atoms with Gasteiger partial charge in [-0.3, -0.25) is 14.4 Å². The monoisotopic (exact) mass is 838 g/mol. The number of H-pyrrole nitrogens is 1. The molecule has 18 heteroatoms. The van der Waals surface area contributed by atoms with Crippen molar-refractivity contribution in [3.8, 4) is 28.1 Å². The molecular weight excluding hydrogens is 790 g/mol. The summed E-state index contributed by atoms with van der Waals surface area (Å²) in [7, 11) is 1.24. The number of carbonyl (C=O) groups is 4. The van der Waals surface area contributed by atoms with Crippen molar-refractivity contribution in [2.75, 3.05) is 43.6 Å². The fourth-order valence-corrected chi connectivity index (χ4v) is 7.03. The molecule has 0 unspecified atom stereocenters. The van der Waals surface area contributed by atoms with Gasteiger partial charge in [-0.05, 0) is 60.1 Å². The number of pyridine rings is 1. The second-order valence-electron chi connectivity index (χ2n) is 15.3. The van der Waals surface area contributed by atoms with Gasteiger partial charge >= 0.3 is 12.5 Å². The van der Waals surface area contributed by atoms with Gasteiger partial charge in [0, 0.05) is 41.4 Å². The number of halogens is 3. The van der Waals surface area contributed by atoms with E-state index in [-0.39, 0.29) is 40.2 Å². The Labute approximate surface area is 344 Å². The van der Waals surface area contributed by atoms with E-state index < -0.39 is 35.6 Å². The summed E-state index contributed by atoms with van der Waals surface area (Å²) >= 11 is 1.64. The number of methoxy groups -OCH3 is 1. The summed E-state index contributed by atoms with van der Waals surface area (Å²) in [6.07, 6.45) is -0.0843. The lowest BCUT2D eigenvalue weighted by Gasteiger charge is -2.30. The molecule has 3 heterocycles. The van der Waals surface area contributed by atoms with E-state index in [4.69, 9.17) is 4.74 Å². The first-order valence-electron chi connectivity index (χ1n) is 18.9. The molecule has 1 aliphatic heterocycles. The molecule has 4 aromatic rings. The van der Waals surface area contributed by atoms with Crippen molar-refractivity contribution in [1.29, 1.82) is 0 Å². The minimum absolute atomic E-state index is 0.0738. The third-order valence-electron chi connectivity index (χ3n) is 9.58. The highest BCUT2D eigenvalue weighted by molar-refractivity contribution is 7.99. The normalized spacial score (nSPS) is 16.0. The number of nitrogens with one attached hydrogen (secondary N) is 5. The number of ether oxygens (including phenoxy) is 2. The van der Waals surface area contributed by atoms with E-state index in [0.717, 1.165) is 6.07 Å². The van der Waals surface area contributed by atoms with Crippen LogP contribution in [0.2, 0.25) is 0 Å². The average Bonchev–Trinajstić information content (AvgIpc) is 3.86. The van der Waals surface area contributed by atoms with Crippen molar-refractivity contribution in [3.63, 3.8) is 0 Å². The van der Waals surface area contributed by atoms with Crippen LogP contribution >= 0.6 is 11.8 Å². The second kappa shape index (κ2) is 18.9. The van der Waals surface area contributed by atoms with Gasteiger partial charge in [0.2, 0.25) is 11.8 Å². The SMILES string of the molecule is COC(=O)N[C@H](C(=O)N1C[C@@H](SC)C[C@H]1c1ncc(-c2ccc(-c3ccc(C(=O)Nc4ccc(NCCNC(=O)C(C)(C)C)nc4)cc3OC(F)(F)F)cc2)[nH]1)C(C)C. The van der Waals surface area contributed by atoms with Gasteiger partial charge in [0.1, 0.15) is 23.4 Å². The summed E-state index contributed by atoms with van der Waals surface area (Å²) in [5.74, 6) is -0.701. The maximum atomic E-state index is 13.8. The Hall–Kier alpha value is -5.78. The molecule has 5 rings (SSSR count). The highest BCUT2D eigenvalue weighted by Gasteiger charge is 2.41. The first kappa shape index (κ1) is 44.3. The molecule has 3 atom stereocenters. The largest absolute Gasteiger partial charge is 0.573 e. The maximum absolute atomic E-state index is 13.8. The van der Waals surface area contributed by atoms with Crippen LogP contribution in [-0.4, -0.2) is 94.3 Å². The number of thioether (sulfide) groups is 1. The Balaban J connectivity index is 1.28. The van der Waals surface area contributed by atoms with Gasteiger partial charge in [-0.15, -0.1) is 13.2 Å². The molecule has 0 bridgehead atoms. The molecule has 0 spiro atoms.